The van der Waals surface area contributed by atoms with Gasteiger partial charge < -0.3 is 5.32 Å². The molecule has 8 heteroatoms. The second kappa shape index (κ2) is 9.67. The van der Waals surface area contributed by atoms with E-state index in [2.05, 4.69) is 42.2 Å². The molecule has 33 heavy (non-hydrogen) atoms. The minimum Gasteiger partial charge on any atom is -0.339 e. The lowest BCUT2D eigenvalue weighted by Crippen LogP contribution is -2.33. The van der Waals surface area contributed by atoms with Gasteiger partial charge in [0.05, 0.1) is 35.9 Å². The van der Waals surface area contributed by atoms with Gasteiger partial charge in [0.25, 0.3) is 0 Å². The van der Waals surface area contributed by atoms with E-state index in [4.69, 9.17) is 10.2 Å². The van der Waals surface area contributed by atoms with E-state index >= 15 is 0 Å². The number of nitriles is 1. The summed E-state index contributed by atoms with van der Waals surface area (Å²) in [6, 6.07) is 8.48. The van der Waals surface area contributed by atoms with E-state index in [1.54, 1.807) is 12.3 Å². The second-order valence-corrected chi connectivity index (χ2v) is 9.14. The average Bonchev–Trinajstić information content (AvgIpc) is 3.52. The lowest BCUT2D eigenvalue weighted by Gasteiger charge is -2.35. The van der Waals surface area contributed by atoms with Crippen LogP contribution in [0.15, 0.2) is 36.8 Å². The van der Waals surface area contributed by atoms with E-state index in [1.165, 1.54) is 44.1 Å². The molecular formula is C25H30N8. The van der Waals surface area contributed by atoms with Crippen LogP contribution in [0.5, 0.6) is 0 Å². The quantitative estimate of drug-likeness (QED) is 0.584. The molecule has 1 atom stereocenters. The Kier molecular flexibility index (Phi) is 6.31. The number of rotatable bonds is 6. The summed E-state index contributed by atoms with van der Waals surface area (Å²) in [4.78, 5) is 16.1. The monoisotopic (exact) mass is 442 g/mol. The summed E-state index contributed by atoms with van der Waals surface area (Å²) in [7, 11) is 0. The van der Waals surface area contributed by atoms with Gasteiger partial charge in [0.1, 0.15) is 23.4 Å². The number of nitrogens with zero attached hydrogens (tertiary/aromatic N) is 7. The van der Waals surface area contributed by atoms with Crippen LogP contribution in [0, 0.1) is 18.3 Å². The van der Waals surface area contributed by atoms with Crippen LogP contribution in [0.25, 0.3) is 0 Å². The first-order valence-corrected chi connectivity index (χ1v) is 11.9. The highest BCUT2D eigenvalue weighted by Gasteiger charge is 2.27. The highest BCUT2D eigenvalue weighted by molar-refractivity contribution is 5.55. The molecule has 1 aliphatic heterocycles. The minimum absolute atomic E-state index is 0.259. The molecule has 170 valence electrons. The van der Waals surface area contributed by atoms with Gasteiger partial charge in [-0.1, -0.05) is 19.3 Å². The summed E-state index contributed by atoms with van der Waals surface area (Å²) in [6.07, 6.45) is 14.6. The predicted molar refractivity (Wildman–Crippen MR) is 126 cm³/mol. The average molecular weight is 443 g/mol. The zero-order chi connectivity index (χ0) is 22.6. The lowest BCUT2D eigenvalue weighted by molar-refractivity contribution is 0.137. The Morgan fingerprint density at radius 3 is 2.73 bits per heavy atom. The molecular weight excluding hydrogens is 412 g/mol. The third-order valence-electron chi connectivity index (χ3n) is 6.70. The minimum atomic E-state index is 0.259. The maximum absolute atomic E-state index is 8.96. The van der Waals surface area contributed by atoms with E-state index in [9.17, 15) is 0 Å². The van der Waals surface area contributed by atoms with Gasteiger partial charge in [0.15, 0.2) is 0 Å². The lowest BCUT2D eigenvalue weighted by atomic mass is 9.98. The number of pyridine rings is 1. The number of aromatic nitrogens is 5. The highest BCUT2D eigenvalue weighted by Crippen LogP contribution is 2.33. The summed E-state index contributed by atoms with van der Waals surface area (Å²) in [5.41, 5.74) is 3.53. The van der Waals surface area contributed by atoms with Gasteiger partial charge in [-0.3, -0.25) is 9.58 Å². The smallest absolute Gasteiger partial charge is 0.140 e. The van der Waals surface area contributed by atoms with Crippen LogP contribution in [0.4, 0.5) is 11.5 Å². The molecule has 0 aromatic carbocycles. The molecule has 0 amide bonds. The third kappa shape index (κ3) is 5.04. The summed E-state index contributed by atoms with van der Waals surface area (Å²) in [5.74, 6) is 1.50. The van der Waals surface area contributed by atoms with E-state index in [-0.39, 0.29) is 6.04 Å². The maximum Gasteiger partial charge on any atom is 0.140 e. The van der Waals surface area contributed by atoms with Crippen molar-refractivity contribution >= 4 is 11.5 Å². The summed E-state index contributed by atoms with van der Waals surface area (Å²) in [5, 5.41) is 17.0. The number of likely N-dealkylation sites (tertiary alicyclic amines) is 1. The fourth-order valence-electron chi connectivity index (χ4n) is 5.08. The van der Waals surface area contributed by atoms with E-state index in [0.29, 0.717) is 11.7 Å². The normalized spacial score (nSPS) is 19.5. The molecule has 5 rings (SSSR count). The molecule has 1 saturated carbocycles. The molecule has 0 bridgehead atoms. The van der Waals surface area contributed by atoms with Crippen LogP contribution in [0.1, 0.15) is 79.8 Å². The van der Waals surface area contributed by atoms with Crippen LogP contribution in [-0.4, -0.2) is 36.2 Å². The van der Waals surface area contributed by atoms with Crippen molar-refractivity contribution in [2.75, 3.05) is 11.9 Å². The SMILES string of the molecule is Cc1nc(Nc2ccc(C#N)nc2)cc(C2CCCCN2Cc2cnn(C3CCCC3)c2)n1. The molecule has 8 nitrogen and oxygen atoms in total. The molecule has 4 heterocycles. The van der Waals surface area contributed by atoms with Gasteiger partial charge in [-0.2, -0.15) is 10.4 Å². The molecule has 1 N–H and O–H groups in total. The van der Waals surface area contributed by atoms with Gasteiger partial charge in [-0.05, 0) is 51.3 Å². The zero-order valence-corrected chi connectivity index (χ0v) is 19.1. The topological polar surface area (TPSA) is 95.5 Å². The number of piperidine rings is 1. The van der Waals surface area contributed by atoms with Gasteiger partial charge in [0.2, 0.25) is 0 Å². The Bertz CT molecular complexity index is 1120. The van der Waals surface area contributed by atoms with Gasteiger partial charge in [-0.15, -0.1) is 0 Å². The van der Waals surface area contributed by atoms with Crippen LogP contribution < -0.4 is 5.32 Å². The Morgan fingerprint density at radius 2 is 1.94 bits per heavy atom. The number of anilines is 2. The van der Waals surface area contributed by atoms with E-state index in [0.717, 1.165) is 42.5 Å². The molecule has 2 fully saturated rings. The standard InChI is InChI=1S/C25H30N8/c1-18-29-23(12-25(30-18)31-21-10-9-20(13-26)27-15-21)24-8-4-5-11-32(24)16-19-14-28-33(17-19)22-6-2-3-7-22/h9-10,12,14-15,17,22,24H,2-8,11,16H2,1H3,(H,29,30,31). The second-order valence-electron chi connectivity index (χ2n) is 9.14. The first-order chi connectivity index (χ1) is 16.2. The van der Waals surface area contributed by atoms with Crippen molar-refractivity contribution in [3.63, 3.8) is 0 Å². The first kappa shape index (κ1) is 21.5. The van der Waals surface area contributed by atoms with Crippen molar-refractivity contribution < 1.29 is 0 Å². The predicted octanol–water partition coefficient (Wildman–Crippen LogP) is 4.83. The molecule has 3 aromatic heterocycles. The number of aryl methyl sites for hydroxylation is 1. The van der Waals surface area contributed by atoms with Gasteiger partial charge in [-0.25, -0.2) is 15.0 Å². The molecule has 1 aliphatic carbocycles. The molecule has 0 radical (unpaired) electrons. The first-order valence-electron chi connectivity index (χ1n) is 11.9. The van der Waals surface area contributed by atoms with Gasteiger partial charge >= 0.3 is 0 Å². The van der Waals surface area contributed by atoms with Crippen LogP contribution in [0.2, 0.25) is 0 Å². The van der Waals surface area contributed by atoms with E-state index in [1.807, 2.05) is 25.3 Å². The van der Waals surface area contributed by atoms with Crippen LogP contribution >= 0.6 is 0 Å². The third-order valence-corrected chi connectivity index (χ3v) is 6.70. The van der Waals surface area contributed by atoms with Crippen molar-refractivity contribution in [1.29, 1.82) is 5.26 Å². The Labute approximate surface area is 194 Å². The molecule has 1 unspecified atom stereocenters. The summed E-state index contributed by atoms with van der Waals surface area (Å²) in [6.45, 7) is 3.89. The van der Waals surface area contributed by atoms with Crippen molar-refractivity contribution in [3.8, 4) is 6.07 Å². The maximum atomic E-state index is 8.96. The van der Waals surface area contributed by atoms with Crippen molar-refractivity contribution in [2.45, 2.75) is 70.5 Å². The van der Waals surface area contributed by atoms with Crippen LogP contribution in [0.3, 0.4) is 0 Å². The fourth-order valence-corrected chi connectivity index (χ4v) is 5.08. The van der Waals surface area contributed by atoms with Crippen molar-refractivity contribution in [2.24, 2.45) is 0 Å². The number of hydrogen-bond acceptors (Lipinski definition) is 7. The van der Waals surface area contributed by atoms with Gasteiger partial charge in [0, 0.05) is 24.4 Å². The molecule has 2 aliphatic rings. The molecule has 3 aromatic rings. The van der Waals surface area contributed by atoms with Crippen LogP contribution in [-0.2, 0) is 6.54 Å². The molecule has 1 saturated heterocycles. The largest absolute Gasteiger partial charge is 0.339 e. The molecule has 0 spiro atoms. The van der Waals surface area contributed by atoms with E-state index < -0.39 is 0 Å². The number of nitrogens with one attached hydrogen (secondary N) is 1. The Balaban J connectivity index is 1.33. The Morgan fingerprint density at radius 1 is 1.09 bits per heavy atom. The summed E-state index contributed by atoms with van der Waals surface area (Å²) >= 11 is 0. The zero-order valence-electron chi connectivity index (χ0n) is 19.1. The van der Waals surface area contributed by atoms with Crippen molar-refractivity contribution in [1.82, 2.24) is 29.6 Å². The van der Waals surface area contributed by atoms with Crippen molar-refractivity contribution in [3.05, 3.63) is 59.6 Å². The number of hydrogen-bond donors (Lipinski definition) is 1. The highest BCUT2D eigenvalue weighted by atomic mass is 15.3. The summed E-state index contributed by atoms with van der Waals surface area (Å²) < 4.78 is 2.18. The fraction of sp³-hybridized carbons (Fsp3) is 0.480. The Hall–Kier alpha value is -3.31.